The van der Waals surface area contributed by atoms with Crippen molar-refractivity contribution in [3.05, 3.63) is 48.6 Å². The van der Waals surface area contributed by atoms with E-state index in [1.165, 1.54) is 23.1 Å². The van der Waals surface area contributed by atoms with Gasteiger partial charge in [-0.15, -0.1) is 16.8 Å². The number of aromatic nitrogens is 2. The molecule has 116 valence electrons. The third kappa shape index (κ3) is 5.16. The van der Waals surface area contributed by atoms with Gasteiger partial charge in [0.05, 0.1) is 11.8 Å². The first kappa shape index (κ1) is 16.5. The average Bonchev–Trinajstić information content (AvgIpc) is 2.99. The lowest BCUT2D eigenvalue weighted by molar-refractivity contribution is -0.119. The maximum Gasteiger partial charge on any atom is 0.230 e. The molecular formula is C15H18N4OS2. The van der Waals surface area contributed by atoms with Crippen LogP contribution in [0.1, 0.15) is 18.5 Å². The number of nitrogens with one attached hydrogen (secondary N) is 2. The SMILES string of the molecule is C=CCNc1nnc(SCC(=O)N[C@@H](C)c2ccccc2)s1. The first-order chi connectivity index (χ1) is 10.7. The molecule has 2 N–H and O–H groups in total. The van der Waals surface area contributed by atoms with Crippen LogP contribution in [0.3, 0.4) is 0 Å². The Balaban J connectivity index is 1.77. The summed E-state index contributed by atoms with van der Waals surface area (Å²) in [7, 11) is 0. The molecule has 1 aromatic heterocycles. The van der Waals surface area contributed by atoms with E-state index in [1.807, 2.05) is 37.3 Å². The van der Waals surface area contributed by atoms with Crippen LogP contribution in [0.4, 0.5) is 5.13 Å². The van der Waals surface area contributed by atoms with Gasteiger partial charge in [-0.05, 0) is 12.5 Å². The van der Waals surface area contributed by atoms with Crippen LogP contribution in [0.5, 0.6) is 0 Å². The second-order valence-electron chi connectivity index (χ2n) is 4.53. The predicted octanol–water partition coefficient (Wildman–Crippen LogP) is 3.11. The number of anilines is 1. The Bertz CT molecular complexity index is 615. The highest BCUT2D eigenvalue weighted by atomic mass is 32.2. The first-order valence-electron chi connectivity index (χ1n) is 6.84. The highest BCUT2D eigenvalue weighted by molar-refractivity contribution is 8.01. The minimum absolute atomic E-state index is 0.00598. The summed E-state index contributed by atoms with van der Waals surface area (Å²) in [6.45, 7) is 6.25. The molecule has 5 nitrogen and oxygen atoms in total. The Morgan fingerprint density at radius 1 is 1.41 bits per heavy atom. The summed E-state index contributed by atoms with van der Waals surface area (Å²) >= 11 is 2.82. The van der Waals surface area contributed by atoms with Gasteiger partial charge in [0.1, 0.15) is 0 Å². The topological polar surface area (TPSA) is 66.9 Å². The van der Waals surface area contributed by atoms with Gasteiger partial charge in [0.25, 0.3) is 0 Å². The zero-order chi connectivity index (χ0) is 15.8. The van der Waals surface area contributed by atoms with Gasteiger partial charge in [-0.25, -0.2) is 0 Å². The lowest BCUT2D eigenvalue weighted by Crippen LogP contribution is -2.28. The summed E-state index contributed by atoms with van der Waals surface area (Å²) in [5.41, 5.74) is 1.09. The number of hydrogen-bond donors (Lipinski definition) is 2. The van der Waals surface area contributed by atoms with E-state index in [2.05, 4.69) is 27.4 Å². The molecule has 1 amide bonds. The van der Waals surface area contributed by atoms with Crippen molar-refractivity contribution in [3.8, 4) is 0 Å². The Labute approximate surface area is 138 Å². The van der Waals surface area contributed by atoms with Crippen molar-refractivity contribution in [1.82, 2.24) is 15.5 Å². The number of thioether (sulfide) groups is 1. The average molecular weight is 334 g/mol. The van der Waals surface area contributed by atoms with E-state index < -0.39 is 0 Å². The van der Waals surface area contributed by atoms with E-state index in [1.54, 1.807) is 6.08 Å². The molecule has 0 fully saturated rings. The highest BCUT2D eigenvalue weighted by Crippen LogP contribution is 2.25. The van der Waals surface area contributed by atoms with Gasteiger partial charge in [0.2, 0.25) is 11.0 Å². The largest absolute Gasteiger partial charge is 0.357 e. The number of carbonyl (C=O) groups is 1. The molecular weight excluding hydrogens is 316 g/mol. The second kappa shape index (κ2) is 8.55. The monoisotopic (exact) mass is 334 g/mol. The smallest absolute Gasteiger partial charge is 0.230 e. The van der Waals surface area contributed by atoms with Gasteiger partial charge in [0.15, 0.2) is 4.34 Å². The number of benzene rings is 1. The van der Waals surface area contributed by atoms with Crippen LogP contribution in [-0.4, -0.2) is 28.4 Å². The van der Waals surface area contributed by atoms with Crippen molar-refractivity contribution in [2.75, 3.05) is 17.6 Å². The van der Waals surface area contributed by atoms with Gasteiger partial charge in [-0.2, -0.15) is 0 Å². The molecule has 7 heteroatoms. The maximum absolute atomic E-state index is 12.0. The minimum Gasteiger partial charge on any atom is -0.357 e. The predicted molar refractivity (Wildman–Crippen MR) is 92.3 cm³/mol. The first-order valence-corrected chi connectivity index (χ1v) is 8.64. The molecule has 1 heterocycles. The van der Waals surface area contributed by atoms with Crippen molar-refractivity contribution < 1.29 is 4.79 Å². The maximum atomic E-state index is 12.0. The molecule has 2 aromatic rings. The fourth-order valence-corrected chi connectivity index (χ4v) is 3.30. The Hall–Kier alpha value is -1.86. The third-order valence-electron chi connectivity index (χ3n) is 2.81. The van der Waals surface area contributed by atoms with E-state index in [0.717, 1.165) is 15.0 Å². The van der Waals surface area contributed by atoms with E-state index in [4.69, 9.17) is 0 Å². The van der Waals surface area contributed by atoms with E-state index in [0.29, 0.717) is 12.3 Å². The van der Waals surface area contributed by atoms with Crippen LogP contribution in [0.25, 0.3) is 0 Å². The standard InChI is InChI=1S/C15H18N4OS2/c1-3-9-16-14-18-19-15(22-14)21-10-13(20)17-11(2)12-7-5-4-6-8-12/h3-8,11H,1,9-10H2,2H3,(H,16,18)(H,17,20)/t11-/m0/s1. The van der Waals surface area contributed by atoms with Gasteiger partial charge >= 0.3 is 0 Å². The molecule has 0 bridgehead atoms. The Morgan fingerprint density at radius 2 is 2.18 bits per heavy atom. The summed E-state index contributed by atoms with van der Waals surface area (Å²) in [4.78, 5) is 12.0. The van der Waals surface area contributed by atoms with Crippen molar-refractivity contribution in [1.29, 1.82) is 0 Å². The van der Waals surface area contributed by atoms with E-state index in [-0.39, 0.29) is 11.9 Å². The van der Waals surface area contributed by atoms with Gasteiger partial charge < -0.3 is 10.6 Å². The molecule has 0 radical (unpaired) electrons. The molecule has 2 rings (SSSR count). The van der Waals surface area contributed by atoms with Crippen LogP contribution in [-0.2, 0) is 4.79 Å². The number of nitrogens with zero attached hydrogens (tertiary/aromatic N) is 2. The summed E-state index contributed by atoms with van der Waals surface area (Å²) in [5.74, 6) is 0.310. The van der Waals surface area contributed by atoms with Gasteiger partial charge in [0, 0.05) is 6.54 Å². The van der Waals surface area contributed by atoms with Crippen LogP contribution < -0.4 is 10.6 Å². The van der Waals surface area contributed by atoms with E-state index in [9.17, 15) is 4.79 Å². The zero-order valence-corrected chi connectivity index (χ0v) is 13.9. The lowest BCUT2D eigenvalue weighted by Gasteiger charge is -2.13. The molecule has 1 atom stereocenters. The molecule has 0 spiro atoms. The van der Waals surface area contributed by atoms with Gasteiger partial charge in [-0.1, -0.05) is 59.5 Å². The second-order valence-corrected chi connectivity index (χ2v) is 6.73. The number of hydrogen-bond acceptors (Lipinski definition) is 6. The number of amides is 1. The normalized spacial score (nSPS) is 11.7. The van der Waals surface area contributed by atoms with Crippen molar-refractivity contribution in [2.24, 2.45) is 0 Å². The summed E-state index contributed by atoms with van der Waals surface area (Å²) in [5, 5.41) is 14.8. The quantitative estimate of drug-likeness (QED) is 0.573. The summed E-state index contributed by atoms with van der Waals surface area (Å²) in [6, 6.07) is 9.88. The molecule has 0 saturated heterocycles. The van der Waals surface area contributed by atoms with Crippen LogP contribution >= 0.6 is 23.1 Å². The van der Waals surface area contributed by atoms with Crippen LogP contribution in [0.2, 0.25) is 0 Å². The third-order valence-corrected chi connectivity index (χ3v) is 4.82. The Morgan fingerprint density at radius 3 is 2.91 bits per heavy atom. The summed E-state index contributed by atoms with van der Waals surface area (Å²) < 4.78 is 0.772. The van der Waals surface area contributed by atoms with Crippen molar-refractivity contribution >= 4 is 34.1 Å². The summed E-state index contributed by atoms with van der Waals surface area (Å²) in [6.07, 6.45) is 1.76. The molecule has 0 aliphatic heterocycles. The Kier molecular flexibility index (Phi) is 6.42. The zero-order valence-electron chi connectivity index (χ0n) is 12.3. The number of carbonyl (C=O) groups excluding carboxylic acids is 1. The van der Waals surface area contributed by atoms with Gasteiger partial charge in [-0.3, -0.25) is 4.79 Å². The van der Waals surface area contributed by atoms with Crippen LogP contribution in [0, 0.1) is 0 Å². The molecule has 22 heavy (non-hydrogen) atoms. The van der Waals surface area contributed by atoms with Crippen LogP contribution in [0.15, 0.2) is 47.3 Å². The molecule has 0 unspecified atom stereocenters. The molecule has 0 aliphatic carbocycles. The lowest BCUT2D eigenvalue weighted by atomic mass is 10.1. The molecule has 0 saturated carbocycles. The van der Waals surface area contributed by atoms with E-state index >= 15 is 0 Å². The fraction of sp³-hybridized carbons (Fsp3) is 0.267. The van der Waals surface area contributed by atoms with Crippen molar-refractivity contribution in [2.45, 2.75) is 17.3 Å². The number of rotatable bonds is 8. The minimum atomic E-state index is -0.0165. The van der Waals surface area contributed by atoms with Crippen molar-refractivity contribution in [3.63, 3.8) is 0 Å². The molecule has 1 aromatic carbocycles. The fourth-order valence-electron chi connectivity index (χ4n) is 1.73. The molecule has 0 aliphatic rings. The highest BCUT2D eigenvalue weighted by Gasteiger charge is 2.11.